The number of benzene rings is 1. The van der Waals surface area contributed by atoms with Crippen LogP contribution in [0.25, 0.3) is 0 Å². The second-order valence-corrected chi connectivity index (χ2v) is 5.41. The van der Waals surface area contributed by atoms with Gasteiger partial charge in [0, 0.05) is 5.75 Å². The van der Waals surface area contributed by atoms with Crippen molar-refractivity contribution < 1.29 is 9.47 Å². The van der Waals surface area contributed by atoms with Crippen molar-refractivity contribution in [3.8, 4) is 5.75 Å². The molecule has 0 fully saturated rings. The molecule has 0 unspecified atom stereocenters. The van der Waals surface area contributed by atoms with Crippen LogP contribution in [0.5, 0.6) is 5.75 Å². The summed E-state index contributed by atoms with van der Waals surface area (Å²) in [4.78, 5) is 0. The van der Waals surface area contributed by atoms with E-state index < -0.39 is 0 Å². The zero-order valence-electron chi connectivity index (χ0n) is 10.9. The molecule has 0 N–H and O–H groups in total. The van der Waals surface area contributed by atoms with Crippen LogP contribution in [-0.2, 0) is 10.2 Å². The van der Waals surface area contributed by atoms with Gasteiger partial charge in [0.2, 0.25) is 0 Å². The molecule has 2 nitrogen and oxygen atoms in total. The van der Waals surface area contributed by atoms with Gasteiger partial charge in [-0.25, -0.2) is 0 Å². The van der Waals surface area contributed by atoms with Crippen molar-refractivity contribution in [3.05, 3.63) is 29.8 Å². The van der Waals surface area contributed by atoms with Crippen LogP contribution in [0.4, 0.5) is 0 Å². The molecule has 1 rings (SSSR count). The monoisotopic (exact) mass is 254 g/mol. The second kappa shape index (κ2) is 6.92. The average Bonchev–Trinajstić information content (AvgIpc) is 2.28. The fourth-order valence-electron chi connectivity index (χ4n) is 1.44. The molecule has 96 valence electrons. The molecule has 0 amide bonds. The molecule has 0 saturated carbocycles. The highest BCUT2D eigenvalue weighted by atomic mass is 32.1. The van der Waals surface area contributed by atoms with Crippen molar-refractivity contribution in [2.75, 3.05) is 25.6 Å². The van der Waals surface area contributed by atoms with Crippen LogP contribution in [-0.4, -0.2) is 25.6 Å². The highest BCUT2D eigenvalue weighted by molar-refractivity contribution is 7.80. The largest absolute Gasteiger partial charge is 0.491 e. The van der Waals surface area contributed by atoms with Crippen molar-refractivity contribution in [2.24, 2.45) is 0 Å². The Kier molecular flexibility index (Phi) is 5.86. The Bertz CT molecular complexity index is 331. The molecular formula is C14H22O2S. The summed E-state index contributed by atoms with van der Waals surface area (Å²) in [7, 11) is 0. The predicted octanol–water partition coefficient (Wildman–Crippen LogP) is 3.31. The predicted molar refractivity (Wildman–Crippen MR) is 75.3 cm³/mol. The highest BCUT2D eigenvalue weighted by Gasteiger charge is 2.13. The lowest BCUT2D eigenvalue weighted by Gasteiger charge is -2.19. The molecule has 17 heavy (non-hydrogen) atoms. The molecule has 0 radical (unpaired) electrons. The quantitative estimate of drug-likeness (QED) is 0.620. The fraction of sp³-hybridized carbons (Fsp3) is 0.571. The first-order valence-electron chi connectivity index (χ1n) is 5.96. The third kappa shape index (κ3) is 5.46. The third-order valence-corrected chi connectivity index (χ3v) is 2.61. The molecular weight excluding hydrogens is 232 g/mol. The van der Waals surface area contributed by atoms with Crippen LogP contribution >= 0.6 is 12.6 Å². The molecule has 1 aromatic carbocycles. The molecule has 0 aromatic heterocycles. The molecule has 0 heterocycles. The summed E-state index contributed by atoms with van der Waals surface area (Å²) in [5, 5.41) is 0. The Morgan fingerprint density at radius 2 is 1.88 bits per heavy atom. The maximum Gasteiger partial charge on any atom is 0.119 e. The number of thiol groups is 1. The van der Waals surface area contributed by atoms with Crippen LogP contribution in [0.1, 0.15) is 26.3 Å². The summed E-state index contributed by atoms with van der Waals surface area (Å²) in [5.74, 6) is 1.66. The van der Waals surface area contributed by atoms with Crippen molar-refractivity contribution in [1.29, 1.82) is 0 Å². The lowest BCUT2D eigenvalue weighted by molar-refractivity contribution is 0.112. The van der Waals surface area contributed by atoms with E-state index >= 15 is 0 Å². The lowest BCUT2D eigenvalue weighted by Crippen LogP contribution is -2.12. The van der Waals surface area contributed by atoms with Gasteiger partial charge in [-0.3, -0.25) is 0 Å². The molecule has 0 bridgehead atoms. The van der Waals surface area contributed by atoms with Gasteiger partial charge in [-0.1, -0.05) is 32.9 Å². The molecule has 0 spiro atoms. The van der Waals surface area contributed by atoms with Crippen molar-refractivity contribution in [3.63, 3.8) is 0 Å². The Balaban J connectivity index is 2.44. The number of hydrogen-bond acceptors (Lipinski definition) is 3. The Morgan fingerprint density at radius 3 is 2.53 bits per heavy atom. The van der Waals surface area contributed by atoms with Gasteiger partial charge >= 0.3 is 0 Å². The summed E-state index contributed by atoms with van der Waals surface area (Å²) in [6.07, 6.45) is 0. The maximum atomic E-state index is 5.64. The molecule has 0 aliphatic carbocycles. The van der Waals surface area contributed by atoms with Crippen molar-refractivity contribution in [1.82, 2.24) is 0 Å². The minimum atomic E-state index is 0.155. The minimum absolute atomic E-state index is 0.155. The van der Waals surface area contributed by atoms with Crippen molar-refractivity contribution >= 4 is 12.6 Å². The van der Waals surface area contributed by atoms with Crippen LogP contribution < -0.4 is 4.74 Å². The van der Waals surface area contributed by atoms with E-state index in [0.717, 1.165) is 11.5 Å². The van der Waals surface area contributed by atoms with Gasteiger partial charge in [0.25, 0.3) is 0 Å². The van der Waals surface area contributed by atoms with E-state index in [9.17, 15) is 0 Å². The lowest BCUT2D eigenvalue weighted by atomic mass is 9.87. The maximum absolute atomic E-state index is 5.64. The van der Waals surface area contributed by atoms with Crippen molar-refractivity contribution in [2.45, 2.75) is 26.2 Å². The topological polar surface area (TPSA) is 18.5 Å². The van der Waals surface area contributed by atoms with Crippen LogP contribution in [0.15, 0.2) is 24.3 Å². The molecule has 1 aromatic rings. The summed E-state index contributed by atoms with van der Waals surface area (Å²) < 4.78 is 10.9. The zero-order chi connectivity index (χ0) is 12.7. The van der Waals surface area contributed by atoms with E-state index in [-0.39, 0.29) is 5.41 Å². The van der Waals surface area contributed by atoms with E-state index in [0.29, 0.717) is 19.8 Å². The first kappa shape index (κ1) is 14.4. The summed E-state index contributed by atoms with van der Waals surface area (Å²) in [6.45, 7) is 8.46. The molecule has 3 heteroatoms. The van der Waals surface area contributed by atoms with E-state index in [1.807, 2.05) is 12.1 Å². The molecule has 0 atom stereocenters. The van der Waals surface area contributed by atoms with E-state index in [4.69, 9.17) is 9.47 Å². The van der Waals surface area contributed by atoms with Crippen LogP contribution in [0.2, 0.25) is 0 Å². The van der Waals surface area contributed by atoms with E-state index in [1.165, 1.54) is 5.56 Å². The van der Waals surface area contributed by atoms with Gasteiger partial charge in [0.15, 0.2) is 0 Å². The van der Waals surface area contributed by atoms with E-state index in [1.54, 1.807) is 0 Å². The smallest absolute Gasteiger partial charge is 0.119 e. The standard InChI is InChI=1S/C14H22O2S/c1-14(2,3)12-5-4-6-13(11-12)16-8-7-15-9-10-17/h4-6,11,17H,7-10H2,1-3H3. The summed E-state index contributed by atoms with van der Waals surface area (Å²) >= 11 is 4.07. The summed E-state index contributed by atoms with van der Waals surface area (Å²) in [5.41, 5.74) is 1.44. The molecule has 0 saturated heterocycles. The Hall–Kier alpha value is -0.670. The SMILES string of the molecule is CC(C)(C)c1cccc(OCCOCCS)c1. The second-order valence-electron chi connectivity index (χ2n) is 4.96. The van der Waals surface area contributed by atoms with Crippen LogP contribution in [0, 0.1) is 0 Å². The highest BCUT2D eigenvalue weighted by Crippen LogP contribution is 2.25. The minimum Gasteiger partial charge on any atom is -0.491 e. The third-order valence-electron chi connectivity index (χ3n) is 2.43. The van der Waals surface area contributed by atoms with Gasteiger partial charge in [0.1, 0.15) is 12.4 Å². The number of rotatable bonds is 6. The number of ether oxygens (including phenoxy) is 2. The first-order valence-corrected chi connectivity index (χ1v) is 6.59. The zero-order valence-corrected chi connectivity index (χ0v) is 11.8. The summed E-state index contributed by atoms with van der Waals surface area (Å²) in [6, 6.07) is 8.24. The van der Waals surface area contributed by atoms with Crippen LogP contribution in [0.3, 0.4) is 0 Å². The van der Waals surface area contributed by atoms with Gasteiger partial charge in [-0.05, 0) is 23.1 Å². The average molecular weight is 254 g/mol. The first-order chi connectivity index (χ1) is 8.04. The van der Waals surface area contributed by atoms with E-state index in [2.05, 4.69) is 45.5 Å². The van der Waals surface area contributed by atoms with Gasteiger partial charge in [-0.2, -0.15) is 12.6 Å². The van der Waals surface area contributed by atoms with Gasteiger partial charge in [0.05, 0.1) is 13.2 Å². The Morgan fingerprint density at radius 1 is 1.12 bits per heavy atom. The normalized spacial score (nSPS) is 11.5. The van der Waals surface area contributed by atoms with Gasteiger partial charge < -0.3 is 9.47 Å². The molecule has 0 aliphatic heterocycles. The van der Waals surface area contributed by atoms with Gasteiger partial charge in [-0.15, -0.1) is 0 Å². The number of hydrogen-bond donors (Lipinski definition) is 1. The fourth-order valence-corrected chi connectivity index (χ4v) is 1.57. The molecule has 0 aliphatic rings. The Labute approximate surface area is 110 Å².